The lowest BCUT2D eigenvalue weighted by atomic mass is 10.2. The maximum absolute atomic E-state index is 13.5. The van der Waals surface area contributed by atoms with Crippen LogP contribution < -0.4 is 10.5 Å². The van der Waals surface area contributed by atoms with Gasteiger partial charge in [0.2, 0.25) is 0 Å². The van der Waals surface area contributed by atoms with Gasteiger partial charge in [0.15, 0.2) is 11.6 Å². The van der Waals surface area contributed by atoms with Gasteiger partial charge in [0.25, 0.3) is 5.91 Å². The molecule has 1 amide bonds. The van der Waals surface area contributed by atoms with Crippen LogP contribution in [0.4, 0.5) is 8.78 Å². The number of aromatic nitrogens is 1. The lowest BCUT2D eigenvalue weighted by Gasteiger charge is -2.17. The Balaban J connectivity index is 1.51. The van der Waals surface area contributed by atoms with Gasteiger partial charge in [0.05, 0.1) is 15.4 Å². The number of thiophene rings is 1. The fraction of sp³-hybridized carbons (Fsp3) is 0.200. The molecule has 0 aliphatic heterocycles. The van der Waals surface area contributed by atoms with E-state index in [-0.39, 0.29) is 12.4 Å². The minimum Gasteiger partial charge on any atom is -0.489 e. The highest BCUT2D eigenvalue weighted by molar-refractivity contribution is 7.17. The van der Waals surface area contributed by atoms with Crippen LogP contribution in [0.25, 0.3) is 10.6 Å². The molecule has 0 saturated carbocycles. The van der Waals surface area contributed by atoms with Gasteiger partial charge in [0, 0.05) is 25.4 Å². The lowest BCUT2D eigenvalue weighted by molar-refractivity contribution is 0.100. The SMILES string of the molecule is CN(CCOc1ccc(F)cc1F)Cc1ccc(-c2ccc(C(N)=O)s2)nc1. The summed E-state index contributed by atoms with van der Waals surface area (Å²) in [7, 11) is 1.91. The highest BCUT2D eigenvalue weighted by Crippen LogP contribution is 2.26. The van der Waals surface area contributed by atoms with E-state index in [4.69, 9.17) is 10.5 Å². The normalized spacial score (nSPS) is 11.0. The second-order valence-electron chi connectivity index (χ2n) is 6.24. The quantitative estimate of drug-likeness (QED) is 0.623. The van der Waals surface area contributed by atoms with Gasteiger partial charge in [0.1, 0.15) is 12.4 Å². The molecule has 3 aromatic rings. The molecule has 0 aliphatic rings. The zero-order valence-corrected chi connectivity index (χ0v) is 16.0. The van der Waals surface area contributed by atoms with E-state index >= 15 is 0 Å². The van der Waals surface area contributed by atoms with E-state index in [0.29, 0.717) is 18.0 Å². The van der Waals surface area contributed by atoms with Crippen molar-refractivity contribution in [3.05, 3.63) is 70.7 Å². The summed E-state index contributed by atoms with van der Waals surface area (Å²) < 4.78 is 31.8. The molecule has 3 rings (SSSR count). The summed E-state index contributed by atoms with van der Waals surface area (Å²) in [6, 6.07) is 10.6. The Hall–Kier alpha value is -2.84. The van der Waals surface area contributed by atoms with E-state index < -0.39 is 17.5 Å². The van der Waals surface area contributed by atoms with Gasteiger partial charge in [-0.1, -0.05) is 6.07 Å². The average molecular weight is 403 g/mol. The molecule has 0 aliphatic carbocycles. The van der Waals surface area contributed by atoms with Gasteiger partial charge < -0.3 is 10.5 Å². The average Bonchev–Trinajstić information content (AvgIpc) is 3.15. The molecule has 0 atom stereocenters. The largest absolute Gasteiger partial charge is 0.489 e. The maximum Gasteiger partial charge on any atom is 0.258 e. The molecule has 2 N–H and O–H groups in total. The summed E-state index contributed by atoms with van der Waals surface area (Å²) in [6.45, 7) is 1.47. The Labute approximate surface area is 165 Å². The fourth-order valence-corrected chi connectivity index (χ4v) is 3.40. The Morgan fingerprint density at radius 2 is 2.04 bits per heavy atom. The molecule has 1 aromatic carbocycles. The molecule has 2 aromatic heterocycles. The van der Waals surface area contributed by atoms with Crippen molar-refractivity contribution in [1.29, 1.82) is 0 Å². The molecule has 146 valence electrons. The molecular formula is C20H19F2N3O2S. The maximum atomic E-state index is 13.5. The van der Waals surface area contributed by atoms with Crippen LogP contribution in [-0.4, -0.2) is 36.0 Å². The standard InChI is InChI=1S/C20H19F2N3O2S/c1-25(8-9-27-17-5-3-14(21)10-15(17)22)12-13-2-4-16(24-11-13)18-6-7-19(28-18)20(23)26/h2-7,10-11H,8-9,12H2,1H3,(H2,23,26). The Bertz CT molecular complexity index is 960. The zero-order chi connectivity index (χ0) is 20.1. The van der Waals surface area contributed by atoms with Crippen LogP contribution in [0.5, 0.6) is 5.75 Å². The molecule has 0 fully saturated rings. The highest BCUT2D eigenvalue weighted by Gasteiger charge is 2.09. The van der Waals surface area contributed by atoms with Crippen molar-refractivity contribution >= 4 is 17.2 Å². The van der Waals surface area contributed by atoms with Crippen LogP contribution in [0, 0.1) is 11.6 Å². The number of halogens is 2. The van der Waals surface area contributed by atoms with Gasteiger partial charge in [-0.25, -0.2) is 8.78 Å². The minimum atomic E-state index is -0.712. The number of rotatable bonds is 8. The molecule has 8 heteroatoms. The summed E-state index contributed by atoms with van der Waals surface area (Å²) in [5, 5.41) is 0. The van der Waals surface area contributed by atoms with Crippen molar-refractivity contribution in [2.24, 2.45) is 5.73 Å². The summed E-state index contributed by atoms with van der Waals surface area (Å²) in [5.41, 5.74) is 7.06. The molecule has 0 saturated heterocycles. The van der Waals surface area contributed by atoms with Crippen LogP contribution in [0.15, 0.2) is 48.7 Å². The van der Waals surface area contributed by atoms with Crippen LogP contribution in [0.3, 0.4) is 0 Å². The van der Waals surface area contributed by atoms with Crippen molar-refractivity contribution in [2.75, 3.05) is 20.2 Å². The van der Waals surface area contributed by atoms with Crippen LogP contribution in [0.2, 0.25) is 0 Å². The molecule has 0 spiro atoms. The third kappa shape index (κ3) is 5.11. The number of likely N-dealkylation sites (N-methyl/N-ethyl adjacent to an activating group) is 1. The number of nitrogens with two attached hydrogens (primary N) is 1. The Morgan fingerprint density at radius 1 is 1.21 bits per heavy atom. The fourth-order valence-electron chi connectivity index (χ4n) is 2.57. The summed E-state index contributed by atoms with van der Waals surface area (Å²) in [6.07, 6.45) is 1.77. The summed E-state index contributed by atoms with van der Waals surface area (Å²) in [5.74, 6) is -1.76. The smallest absolute Gasteiger partial charge is 0.258 e. The van der Waals surface area contributed by atoms with E-state index in [1.807, 2.05) is 30.1 Å². The number of amides is 1. The van der Waals surface area contributed by atoms with Gasteiger partial charge in [-0.2, -0.15) is 0 Å². The van der Waals surface area contributed by atoms with Gasteiger partial charge in [-0.3, -0.25) is 14.7 Å². The Morgan fingerprint density at radius 3 is 2.68 bits per heavy atom. The number of hydrogen-bond acceptors (Lipinski definition) is 5. The number of ether oxygens (including phenoxy) is 1. The van der Waals surface area contributed by atoms with Crippen molar-refractivity contribution in [3.63, 3.8) is 0 Å². The summed E-state index contributed by atoms with van der Waals surface area (Å²) in [4.78, 5) is 19.0. The predicted octanol–water partition coefficient (Wildman–Crippen LogP) is 3.70. The number of benzene rings is 1. The number of primary amides is 1. The number of nitrogens with zero attached hydrogens (tertiary/aromatic N) is 2. The van der Waals surface area contributed by atoms with E-state index in [2.05, 4.69) is 4.98 Å². The van der Waals surface area contributed by atoms with Crippen LogP contribution >= 0.6 is 11.3 Å². The van der Waals surface area contributed by atoms with E-state index in [1.165, 1.54) is 17.4 Å². The molecule has 5 nitrogen and oxygen atoms in total. The minimum absolute atomic E-state index is 0.0343. The van der Waals surface area contributed by atoms with Gasteiger partial charge >= 0.3 is 0 Å². The van der Waals surface area contributed by atoms with E-state index in [0.717, 1.165) is 28.3 Å². The number of carbonyl (C=O) groups excluding carboxylic acids is 1. The van der Waals surface area contributed by atoms with Gasteiger partial charge in [-0.05, 0) is 42.9 Å². The first kappa shape index (κ1) is 19.9. The second kappa shape index (κ2) is 8.90. The third-order valence-electron chi connectivity index (χ3n) is 4.00. The van der Waals surface area contributed by atoms with Crippen molar-refractivity contribution < 1.29 is 18.3 Å². The molecule has 2 heterocycles. The van der Waals surface area contributed by atoms with Crippen LogP contribution in [-0.2, 0) is 6.54 Å². The zero-order valence-electron chi connectivity index (χ0n) is 15.2. The lowest BCUT2D eigenvalue weighted by Crippen LogP contribution is -2.24. The predicted molar refractivity (Wildman–Crippen MR) is 104 cm³/mol. The molecular weight excluding hydrogens is 384 g/mol. The molecule has 0 unspecified atom stereocenters. The number of pyridine rings is 1. The second-order valence-corrected chi connectivity index (χ2v) is 7.32. The number of carbonyl (C=O) groups is 1. The molecule has 0 bridgehead atoms. The van der Waals surface area contributed by atoms with E-state index in [1.54, 1.807) is 12.3 Å². The van der Waals surface area contributed by atoms with E-state index in [9.17, 15) is 13.6 Å². The molecule has 28 heavy (non-hydrogen) atoms. The Kier molecular flexibility index (Phi) is 6.33. The topological polar surface area (TPSA) is 68.5 Å². The third-order valence-corrected chi connectivity index (χ3v) is 5.13. The van der Waals surface area contributed by atoms with Crippen molar-refractivity contribution in [2.45, 2.75) is 6.54 Å². The van der Waals surface area contributed by atoms with Gasteiger partial charge in [-0.15, -0.1) is 11.3 Å². The summed E-state index contributed by atoms with van der Waals surface area (Å²) >= 11 is 1.31. The highest BCUT2D eigenvalue weighted by atomic mass is 32.1. The monoisotopic (exact) mass is 403 g/mol. The first-order valence-corrected chi connectivity index (χ1v) is 9.35. The first-order chi connectivity index (χ1) is 13.4. The van der Waals surface area contributed by atoms with Crippen LogP contribution in [0.1, 0.15) is 15.2 Å². The van der Waals surface area contributed by atoms with Crippen molar-refractivity contribution in [3.8, 4) is 16.3 Å². The number of hydrogen-bond donors (Lipinski definition) is 1. The molecule has 0 radical (unpaired) electrons. The van der Waals surface area contributed by atoms with Crippen molar-refractivity contribution in [1.82, 2.24) is 9.88 Å². The first-order valence-electron chi connectivity index (χ1n) is 8.53.